The Balaban J connectivity index is 3.82. The summed E-state index contributed by atoms with van der Waals surface area (Å²) in [7, 11) is 1.20. The maximum atomic E-state index is 12.9. The first-order chi connectivity index (χ1) is 49.0. The molecule has 0 N–H and O–H groups in total. The molecule has 0 saturated carbocycles. The molecule has 0 bridgehead atoms. The number of allylic oxidation sites excluding steroid dienone is 4. The lowest BCUT2D eigenvalue weighted by atomic mass is 10.0. The summed E-state index contributed by atoms with van der Waals surface area (Å²) in [5, 5.41) is 0. The number of quaternary nitrogens is 1. The van der Waals surface area contributed by atoms with E-state index in [1.807, 2.05) is 21.1 Å². The smallest absolute Gasteiger partial charge is 0.306 e. The number of hydrogen-bond donors (Lipinski definition) is 0. The van der Waals surface area contributed by atoms with Crippen LogP contribution in [-0.2, 0) is 32.7 Å². The van der Waals surface area contributed by atoms with E-state index < -0.39 is 26.5 Å². The van der Waals surface area contributed by atoms with Crippen LogP contribution in [-0.4, -0.2) is 70.0 Å². The van der Waals surface area contributed by atoms with Gasteiger partial charge in [0, 0.05) is 12.8 Å². The van der Waals surface area contributed by atoms with Gasteiger partial charge in [0.25, 0.3) is 7.82 Å². The van der Waals surface area contributed by atoms with Crippen molar-refractivity contribution in [3.8, 4) is 0 Å². The van der Waals surface area contributed by atoms with Crippen LogP contribution in [0.15, 0.2) is 24.3 Å². The van der Waals surface area contributed by atoms with E-state index >= 15 is 0 Å². The van der Waals surface area contributed by atoms with Crippen LogP contribution in [0.1, 0.15) is 489 Å². The van der Waals surface area contributed by atoms with Gasteiger partial charge >= 0.3 is 11.9 Å². The Labute approximate surface area is 625 Å². The van der Waals surface area contributed by atoms with Crippen LogP contribution in [0.4, 0.5) is 0 Å². The van der Waals surface area contributed by atoms with E-state index in [9.17, 15) is 19.0 Å². The fraction of sp³-hybridized carbons (Fsp3) is 0.933. The monoisotopic (exact) mass is 1430 g/mol. The number of hydrogen-bond acceptors (Lipinski definition) is 8. The molecule has 0 aromatic heterocycles. The molecule has 0 fully saturated rings. The first-order valence-electron chi connectivity index (χ1n) is 45.0. The third-order valence-electron chi connectivity index (χ3n) is 21.0. The number of likely N-dealkylation sites (N-methyl/N-ethyl adjacent to an activating group) is 1. The fourth-order valence-corrected chi connectivity index (χ4v) is 14.8. The van der Waals surface area contributed by atoms with Crippen LogP contribution in [0, 0.1) is 0 Å². The molecular formula is C90H176NO8P. The van der Waals surface area contributed by atoms with Crippen molar-refractivity contribution < 1.29 is 42.1 Å². The number of ether oxygens (including phenoxy) is 2. The molecule has 0 rings (SSSR count). The first-order valence-corrected chi connectivity index (χ1v) is 46.5. The lowest BCUT2D eigenvalue weighted by Crippen LogP contribution is -2.37. The number of unbranched alkanes of at least 4 members (excludes halogenated alkanes) is 68. The van der Waals surface area contributed by atoms with Gasteiger partial charge in [0.2, 0.25) is 0 Å². The Hall–Kier alpha value is -1.51. The van der Waals surface area contributed by atoms with Crippen molar-refractivity contribution in [1.29, 1.82) is 0 Å². The Morgan fingerprint density at radius 1 is 0.310 bits per heavy atom. The molecule has 0 saturated heterocycles. The second kappa shape index (κ2) is 81.6. The van der Waals surface area contributed by atoms with Crippen LogP contribution >= 0.6 is 7.82 Å². The number of carbonyl (C=O) groups is 2. The molecule has 0 heterocycles. The quantitative estimate of drug-likeness (QED) is 0.0195. The molecule has 0 amide bonds. The highest BCUT2D eigenvalue weighted by molar-refractivity contribution is 7.45. The number of nitrogens with zero attached hydrogens (tertiary/aromatic N) is 1. The first kappa shape index (κ1) is 98.5. The average molecular weight is 1430 g/mol. The molecule has 0 spiro atoms. The number of carbonyl (C=O) groups excluding carboxylic acids is 2. The van der Waals surface area contributed by atoms with E-state index in [1.165, 1.54) is 417 Å². The van der Waals surface area contributed by atoms with Gasteiger partial charge in [0.1, 0.15) is 19.8 Å². The predicted octanol–water partition coefficient (Wildman–Crippen LogP) is 29.7. The van der Waals surface area contributed by atoms with Gasteiger partial charge in [-0.2, -0.15) is 0 Å². The lowest BCUT2D eigenvalue weighted by molar-refractivity contribution is -0.870. The summed E-state index contributed by atoms with van der Waals surface area (Å²) in [6, 6.07) is 0. The van der Waals surface area contributed by atoms with Crippen LogP contribution in [0.25, 0.3) is 0 Å². The SMILES string of the molecule is CCCCCCC/C=C\C/C=C\CCCCCCCCCCCCCCCCCCCCCCCCCC(=O)OC(COC(=O)CCCCCCCCCCCCCCCCCCCCCCCCCCCCCCCCCCCCCCCCCCC)COP(=O)([O-])OCC[N+](C)(C)C. The summed E-state index contributed by atoms with van der Waals surface area (Å²) >= 11 is 0. The molecule has 2 unspecified atom stereocenters. The number of phosphoric acid groups is 1. The Morgan fingerprint density at radius 2 is 0.540 bits per heavy atom. The molecule has 0 aliphatic rings. The van der Waals surface area contributed by atoms with Gasteiger partial charge in [-0.25, -0.2) is 0 Å². The van der Waals surface area contributed by atoms with Gasteiger partial charge in [-0.3, -0.25) is 14.2 Å². The second-order valence-corrected chi connectivity index (χ2v) is 33.7. The molecule has 2 atom stereocenters. The Morgan fingerprint density at radius 3 is 0.790 bits per heavy atom. The zero-order chi connectivity index (χ0) is 72.5. The number of phosphoric ester groups is 1. The van der Waals surface area contributed by atoms with Crippen molar-refractivity contribution in [2.24, 2.45) is 0 Å². The van der Waals surface area contributed by atoms with E-state index in [1.54, 1.807) is 0 Å². The molecule has 0 aliphatic carbocycles. The molecule has 594 valence electrons. The highest BCUT2D eigenvalue weighted by Crippen LogP contribution is 2.38. The minimum absolute atomic E-state index is 0.0261. The van der Waals surface area contributed by atoms with Crippen LogP contribution in [0.5, 0.6) is 0 Å². The zero-order valence-electron chi connectivity index (χ0n) is 68.2. The van der Waals surface area contributed by atoms with E-state index in [2.05, 4.69) is 38.2 Å². The van der Waals surface area contributed by atoms with Crippen LogP contribution in [0.3, 0.4) is 0 Å². The van der Waals surface area contributed by atoms with E-state index in [0.717, 1.165) is 38.5 Å². The molecule has 100 heavy (non-hydrogen) atoms. The highest BCUT2D eigenvalue weighted by atomic mass is 31.2. The summed E-state index contributed by atoms with van der Waals surface area (Å²) in [6.45, 7) is 4.33. The predicted molar refractivity (Wildman–Crippen MR) is 435 cm³/mol. The standard InChI is InChI=1S/C90H176NO8P/c1-6-8-10-12-14-16-18-20-22-24-26-28-30-32-34-36-38-40-42-43-44-45-46-47-49-50-52-54-56-58-60-62-64-66-68-70-72-74-76-78-80-82-89(92)96-86-88(87-98-100(94,95)97-85-84-91(3,4)5)99-90(93)83-81-79-77-75-73-71-69-67-65-63-61-59-57-55-53-51-48-41-39-37-35-33-31-29-27-25-23-21-19-17-15-13-11-9-7-2/h19,21,25,27,88H,6-18,20,22-24,26,28-87H2,1-5H3/b21-19-,27-25-. The molecule has 0 aliphatic heterocycles. The molecular weight excluding hydrogens is 1250 g/mol. The van der Waals surface area contributed by atoms with Gasteiger partial charge in [0.15, 0.2) is 6.10 Å². The molecule has 10 heteroatoms. The summed E-state index contributed by atoms with van der Waals surface area (Å²) < 4.78 is 34.5. The third kappa shape index (κ3) is 85.4. The lowest BCUT2D eigenvalue weighted by Gasteiger charge is -2.28. The topological polar surface area (TPSA) is 111 Å². The minimum Gasteiger partial charge on any atom is -0.756 e. The van der Waals surface area contributed by atoms with Crippen molar-refractivity contribution in [3.05, 3.63) is 24.3 Å². The molecule has 0 aromatic carbocycles. The van der Waals surface area contributed by atoms with Crippen molar-refractivity contribution in [2.45, 2.75) is 495 Å². The van der Waals surface area contributed by atoms with Gasteiger partial charge in [-0.1, -0.05) is 456 Å². The number of esters is 2. The maximum absolute atomic E-state index is 12.9. The van der Waals surface area contributed by atoms with Gasteiger partial charge in [0.05, 0.1) is 27.7 Å². The third-order valence-corrected chi connectivity index (χ3v) is 21.9. The average Bonchev–Trinajstić information content (AvgIpc) is 1.65. The minimum atomic E-state index is -4.64. The highest BCUT2D eigenvalue weighted by Gasteiger charge is 2.22. The van der Waals surface area contributed by atoms with Crippen molar-refractivity contribution in [2.75, 3.05) is 47.5 Å². The van der Waals surface area contributed by atoms with Gasteiger partial charge in [-0.15, -0.1) is 0 Å². The molecule has 9 nitrogen and oxygen atoms in total. The van der Waals surface area contributed by atoms with Crippen LogP contribution < -0.4 is 4.89 Å². The van der Waals surface area contributed by atoms with Crippen molar-refractivity contribution >= 4 is 19.8 Å². The molecule has 0 radical (unpaired) electrons. The zero-order valence-corrected chi connectivity index (χ0v) is 69.1. The van der Waals surface area contributed by atoms with Gasteiger partial charge in [-0.05, 0) is 44.9 Å². The largest absolute Gasteiger partial charge is 0.756 e. The van der Waals surface area contributed by atoms with E-state index in [0.29, 0.717) is 17.4 Å². The van der Waals surface area contributed by atoms with Crippen molar-refractivity contribution in [1.82, 2.24) is 0 Å². The maximum Gasteiger partial charge on any atom is 0.306 e. The summed E-state index contributed by atoms with van der Waals surface area (Å²) in [5.41, 5.74) is 0. The summed E-state index contributed by atoms with van der Waals surface area (Å²) in [5.74, 6) is -0.802. The summed E-state index contributed by atoms with van der Waals surface area (Å²) in [6.07, 6.45) is 106. The van der Waals surface area contributed by atoms with Crippen LogP contribution in [0.2, 0.25) is 0 Å². The normalized spacial score (nSPS) is 13.0. The Bertz CT molecular complexity index is 1730. The van der Waals surface area contributed by atoms with E-state index in [-0.39, 0.29) is 32.0 Å². The van der Waals surface area contributed by atoms with Crippen molar-refractivity contribution in [3.63, 3.8) is 0 Å². The molecule has 0 aromatic rings. The second-order valence-electron chi connectivity index (χ2n) is 32.3. The summed E-state index contributed by atoms with van der Waals surface area (Å²) in [4.78, 5) is 38.3. The van der Waals surface area contributed by atoms with E-state index in [4.69, 9.17) is 18.5 Å². The number of rotatable bonds is 86. The fourth-order valence-electron chi connectivity index (χ4n) is 14.1. The Kier molecular flexibility index (Phi) is 80.3. The van der Waals surface area contributed by atoms with Gasteiger partial charge < -0.3 is 27.9 Å².